The third kappa shape index (κ3) is 75.7. The van der Waals surface area contributed by atoms with E-state index in [1.165, 1.54) is 83.4 Å². The van der Waals surface area contributed by atoms with E-state index in [9.17, 15) is 0 Å². The second-order valence-corrected chi connectivity index (χ2v) is 25.1. The van der Waals surface area contributed by atoms with Gasteiger partial charge in [0.15, 0.2) is 0 Å². The Morgan fingerprint density at radius 1 is 0.444 bits per heavy atom. The van der Waals surface area contributed by atoms with Crippen LogP contribution in [0.15, 0.2) is 30.3 Å². The van der Waals surface area contributed by atoms with Crippen LogP contribution in [0.1, 0.15) is 252 Å². The molecule has 2 fully saturated rings. The molecule has 2 saturated heterocycles. The number of benzene rings is 1. The summed E-state index contributed by atoms with van der Waals surface area (Å²) in [7, 11) is 4.20. The molecule has 0 atom stereocenters. The molecule has 2 aliphatic heterocycles. The number of nitrogens with zero attached hydrogens (tertiary/aromatic N) is 3. The van der Waals surface area contributed by atoms with E-state index in [0.717, 1.165) is 24.8 Å². The van der Waals surface area contributed by atoms with Gasteiger partial charge in [-0.2, -0.15) is 0 Å². The molecule has 0 saturated carbocycles. The smallest absolute Gasteiger partial charge is 0.00300 e. The topological polar surface area (TPSA) is 9.72 Å². The van der Waals surface area contributed by atoms with Crippen molar-refractivity contribution >= 4 is 0 Å². The first-order chi connectivity index (χ1) is 28.5. The molecular weight excluding hydrogens is 763 g/mol. The highest BCUT2D eigenvalue weighted by Gasteiger charge is 2.19. The van der Waals surface area contributed by atoms with Crippen molar-refractivity contribution in [1.29, 1.82) is 0 Å². The summed E-state index contributed by atoms with van der Waals surface area (Å²) in [6, 6.07) is 10.6. The number of hydrogen-bond acceptors (Lipinski definition) is 3. The summed E-state index contributed by atoms with van der Waals surface area (Å²) in [5.41, 5.74) is 4.28. The van der Waals surface area contributed by atoms with Crippen molar-refractivity contribution in [2.24, 2.45) is 44.3 Å². The minimum atomic E-state index is 0.404. The maximum absolute atomic E-state index is 2.60. The monoisotopic (exact) mass is 894 g/mol. The number of hydrogen-bond donors (Lipinski definition) is 0. The summed E-state index contributed by atoms with van der Waals surface area (Å²) in [6.45, 7) is 75.1. The van der Waals surface area contributed by atoms with Gasteiger partial charge in [-0.15, -0.1) is 0 Å². The van der Waals surface area contributed by atoms with Gasteiger partial charge in [0.05, 0.1) is 0 Å². The Balaban J connectivity index is -0.000000116. The zero-order valence-electron chi connectivity index (χ0n) is 50.8. The Morgan fingerprint density at radius 2 is 0.746 bits per heavy atom. The zero-order chi connectivity index (χ0) is 51.9. The van der Waals surface area contributed by atoms with Gasteiger partial charge in [-0.1, -0.05) is 244 Å². The van der Waals surface area contributed by atoms with E-state index in [0.29, 0.717) is 32.5 Å². The molecule has 1 aromatic carbocycles. The van der Waals surface area contributed by atoms with Gasteiger partial charge in [0.1, 0.15) is 0 Å². The fourth-order valence-electron chi connectivity index (χ4n) is 6.78. The molecule has 2 aliphatic rings. The average molecular weight is 895 g/mol. The minimum Gasteiger partial charge on any atom is -0.309 e. The quantitative estimate of drug-likeness (QED) is 0.292. The van der Waals surface area contributed by atoms with E-state index in [-0.39, 0.29) is 0 Å². The predicted molar refractivity (Wildman–Crippen MR) is 301 cm³/mol. The van der Waals surface area contributed by atoms with Crippen LogP contribution in [0.2, 0.25) is 0 Å². The number of likely N-dealkylation sites (tertiary alicyclic amines) is 2. The molecular formula is C60H131N3. The van der Waals surface area contributed by atoms with Gasteiger partial charge in [-0.3, -0.25) is 0 Å². The lowest BCUT2D eigenvalue weighted by molar-refractivity contribution is 0.164. The number of rotatable bonds is 5. The maximum Gasteiger partial charge on any atom is 0.00300 e. The van der Waals surface area contributed by atoms with Crippen LogP contribution in [0.3, 0.4) is 0 Å². The zero-order valence-corrected chi connectivity index (χ0v) is 50.8. The van der Waals surface area contributed by atoms with Gasteiger partial charge in [0.2, 0.25) is 0 Å². The molecule has 0 bridgehead atoms. The third-order valence-corrected chi connectivity index (χ3v) is 9.16. The normalized spacial score (nSPS) is 14.4. The summed E-state index contributed by atoms with van der Waals surface area (Å²) in [5.74, 6) is 1.64. The molecule has 1 aromatic rings. The van der Waals surface area contributed by atoms with E-state index in [4.69, 9.17) is 0 Å². The highest BCUT2D eigenvalue weighted by Crippen LogP contribution is 2.25. The van der Waals surface area contributed by atoms with E-state index < -0.39 is 0 Å². The Morgan fingerprint density at radius 3 is 0.921 bits per heavy atom. The molecule has 0 N–H and O–H groups in total. The molecule has 386 valence electrons. The second-order valence-electron chi connectivity index (χ2n) is 25.1. The fraction of sp³-hybridized carbons (Fsp3) is 0.900. The van der Waals surface area contributed by atoms with E-state index in [1.807, 2.05) is 55.4 Å². The van der Waals surface area contributed by atoms with Crippen LogP contribution in [0.4, 0.5) is 0 Å². The molecule has 0 spiro atoms. The van der Waals surface area contributed by atoms with Crippen molar-refractivity contribution in [3.05, 3.63) is 35.9 Å². The molecule has 0 unspecified atom stereocenters. The Labute approximate surface area is 405 Å². The first-order valence-corrected chi connectivity index (χ1v) is 26.6. The number of piperidine rings is 1. The van der Waals surface area contributed by atoms with Crippen molar-refractivity contribution in [3.63, 3.8) is 0 Å². The summed E-state index contributed by atoms with van der Waals surface area (Å²) in [4.78, 5) is 7.38. The average Bonchev–Trinajstić information content (AvgIpc) is 3.62. The third-order valence-electron chi connectivity index (χ3n) is 9.16. The standard InChI is InChI=1S/C11H16.C10H21N.C9H19N.C8H18.C7H17N.C7H16.4C2H6/c1-11(2,3)9-10-7-5-4-6-8-10;1-10(2,3)9-11-7-5-4-6-8-11;1-9(2,3)8-10-6-4-5-7-10;1-7(2)6-8(3,4)5;1-7(2,3)6-8(4)5;1-6(2)7(3,4)5;4*1-2/h4-8H,9H2,1-3H3;4-9H2,1-3H3;4-8H2,1-3H3;7H,6H2,1-5H3;6H2,1-5H3;6H,1-5H3;4*1-2H3. The molecule has 2 heterocycles. The van der Waals surface area contributed by atoms with E-state index >= 15 is 0 Å². The summed E-state index contributed by atoms with van der Waals surface area (Å²) < 4.78 is 0. The molecule has 63 heavy (non-hydrogen) atoms. The summed E-state index contributed by atoms with van der Waals surface area (Å²) in [5, 5.41) is 0. The predicted octanol–water partition coefficient (Wildman–Crippen LogP) is 19.4. The Hall–Kier alpha value is -0.900. The lowest BCUT2D eigenvalue weighted by Gasteiger charge is -2.32. The van der Waals surface area contributed by atoms with Crippen molar-refractivity contribution in [1.82, 2.24) is 14.7 Å². The first kappa shape index (κ1) is 76.4. The van der Waals surface area contributed by atoms with Crippen molar-refractivity contribution < 1.29 is 0 Å². The summed E-state index contributed by atoms with van der Waals surface area (Å²) >= 11 is 0. The van der Waals surface area contributed by atoms with Crippen molar-refractivity contribution in [2.45, 2.75) is 253 Å². The largest absolute Gasteiger partial charge is 0.309 e. The minimum absolute atomic E-state index is 0.404. The van der Waals surface area contributed by atoms with Gasteiger partial charge >= 0.3 is 0 Å². The molecule has 3 rings (SSSR count). The summed E-state index contributed by atoms with van der Waals surface area (Å²) in [6.07, 6.45) is 9.58. The fourth-order valence-corrected chi connectivity index (χ4v) is 6.78. The maximum atomic E-state index is 2.60. The van der Waals surface area contributed by atoms with Crippen LogP contribution >= 0.6 is 0 Å². The Bertz CT molecular complexity index is 964. The van der Waals surface area contributed by atoms with Crippen LogP contribution in [0, 0.1) is 44.3 Å². The lowest BCUT2D eigenvalue weighted by atomic mass is 9.84. The van der Waals surface area contributed by atoms with Crippen LogP contribution in [0.25, 0.3) is 0 Å². The van der Waals surface area contributed by atoms with Crippen LogP contribution in [0.5, 0.6) is 0 Å². The van der Waals surface area contributed by atoms with Crippen LogP contribution in [-0.4, -0.2) is 74.6 Å². The van der Waals surface area contributed by atoms with E-state index in [2.05, 4.69) is 211 Å². The molecule has 3 heteroatoms. The van der Waals surface area contributed by atoms with Gasteiger partial charge < -0.3 is 14.7 Å². The van der Waals surface area contributed by atoms with Crippen molar-refractivity contribution in [2.75, 3.05) is 59.9 Å². The highest BCUT2D eigenvalue weighted by molar-refractivity contribution is 5.15. The SMILES string of the molecule is CC.CC.CC.CC.CC(C)(C)CN1CCCC1.CC(C)(C)CN1CCCCC1.CC(C)(C)Cc1ccccc1.CC(C)C(C)(C)C.CC(C)CC(C)(C)C.CN(C)CC(C)(C)C. The van der Waals surface area contributed by atoms with Gasteiger partial charge in [0, 0.05) is 19.6 Å². The molecule has 0 aliphatic carbocycles. The van der Waals surface area contributed by atoms with E-state index in [1.54, 1.807) is 0 Å². The molecule has 3 nitrogen and oxygen atoms in total. The highest BCUT2D eigenvalue weighted by atomic mass is 15.1. The molecule has 0 aromatic heterocycles. The molecule has 0 amide bonds. The first-order valence-electron chi connectivity index (χ1n) is 26.6. The van der Waals surface area contributed by atoms with Crippen LogP contribution < -0.4 is 0 Å². The van der Waals surface area contributed by atoms with Crippen LogP contribution in [-0.2, 0) is 6.42 Å². The molecule has 0 radical (unpaired) electrons. The lowest BCUT2D eigenvalue weighted by Crippen LogP contribution is -2.36. The Kier molecular flexibility index (Phi) is 51.5. The van der Waals surface area contributed by atoms with Crippen molar-refractivity contribution in [3.8, 4) is 0 Å². The van der Waals surface area contributed by atoms with Gasteiger partial charge in [-0.25, -0.2) is 0 Å². The van der Waals surface area contributed by atoms with Gasteiger partial charge in [-0.05, 0) is 129 Å². The second kappa shape index (κ2) is 42.5. The van der Waals surface area contributed by atoms with Gasteiger partial charge in [0.25, 0.3) is 0 Å².